The van der Waals surface area contributed by atoms with Crippen molar-refractivity contribution in [2.75, 3.05) is 65.6 Å². The first kappa shape index (κ1) is 62.6. The van der Waals surface area contributed by atoms with Crippen LogP contribution >= 0.6 is 23.2 Å². The molecule has 2 aliphatic heterocycles. The number of para-hydroxylation sites is 4. The van der Waals surface area contributed by atoms with Gasteiger partial charge in [-0.25, -0.2) is 15.0 Å². The summed E-state index contributed by atoms with van der Waals surface area (Å²) in [6.07, 6.45) is 5.92. The lowest BCUT2D eigenvalue weighted by molar-refractivity contribution is -0.135. The molecular weight excluding hydrogens is 1150 g/mol. The third-order valence-corrected chi connectivity index (χ3v) is 15.0. The minimum atomic E-state index is -0.276. The Morgan fingerprint density at radius 2 is 1.01 bits per heavy atom. The molecule has 5 heterocycles. The van der Waals surface area contributed by atoms with Crippen LogP contribution in [-0.2, 0) is 29.2 Å². The standard InChI is InChI=1S/C34H35ClN6O4.C31H31ClN4O5.CH4/c1-24(2)45-31-6-4-3-5-30(31)41-32(37-29-12-7-25(19-28(29)34(41)43)20-39-14-13-36-23-39)21-38-15-17-40(18-16-38)33(42)22-44-27-10-8-26(35)9-11-27;1-21(2)41-28-6-4-3-5-27(28)36-29(33-26-12-7-22(19-37)17-25(26)31(36)39)18-34-13-15-35(16-14-34)30(38)20-40-24-10-8-23(32)9-11-24;/h3-14,19,23-24H,15-18,20-22H2,1-2H3;3-12,17,19,21H,13-16,18,20H2,1-2H3;1H4. The van der Waals surface area contributed by atoms with Gasteiger partial charge in [-0.2, -0.15) is 0 Å². The van der Waals surface area contributed by atoms with Crippen molar-refractivity contribution in [2.24, 2.45) is 0 Å². The van der Waals surface area contributed by atoms with Gasteiger partial charge < -0.3 is 33.3 Å². The van der Waals surface area contributed by atoms with Gasteiger partial charge in [-0.15, -0.1) is 0 Å². The van der Waals surface area contributed by atoms with Gasteiger partial charge in [0.05, 0.1) is 64.8 Å². The smallest absolute Gasteiger partial charge is 0.266 e. The number of benzene rings is 6. The maximum absolute atomic E-state index is 14.3. The molecule has 452 valence electrons. The molecule has 0 spiro atoms. The molecule has 2 amide bonds. The third-order valence-electron chi connectivity index (χ3n) is 14.5. The Hall–Kier alpha value is -8.88. The number of fused-ring (bicyclic) bond motifs is 2. The zero-order valence-corrected chi connectivity index (χ0v) is 49.8. The Bertz CT molecular complexity index is 3950. The van der Waals surface area contributed by atoms with Gasteiger partial charge in [-0.1, -0.05) is 61.0 Å². The summed E-state index contributed by atoms with van der Waals surface area (Å²) in [7, 11) is 0. The molecule has 3 aromatic heterocycles. The molecular formula is C66H70Cl2N10O9. The highest BCUT2D eigenvalue weighted by Gasteiger charge is 2.27. The van der Waals surface area contributed by atoms with E-state index in [9.17, 15) is 24.0 Å². The fourth-order valence-electron chi connectivity index (χ4n) is 10.2. The number of halogens is 2. The fourth-order valence-corrected chi connectivity index (χ4v) is 10.5. The van der Waals surface area contributed by atoms with Crippen LogP contribution < -0.4 is 30.1 Å². The van der Waals surface area contributed by atoms with Crippen LogP contribution in [0.25, 0.3) is 33.2 Å². The number of imidazole rings is 1. The van der Waals surface area contributed by atoms with E-state index in [-0.39, 0.29) is 55.8 Å². The van der Waals surface area contributed by atoms with E-state index in [4.69, 9.17) is 52.1 Å². The van der Waals surface area contributed by atoms with Crippen LogP contribution in [0.4, 0.5) is 0 Å². The third kappa shape index (κ3) is 15.8. The van der Waals surface area contributed by atoms with Crippen molar-refractivity contribution >= 4 is 63.1 Å². The molecule has 0 unspecified atom stereocenters. The molecule has 9 aromatic rings. The second-order valence-corrected chi connectivity index (χ2v) is 22.3. The zero-order valence-electron chi connectivity index (χ0n) is 48.3. The van der Waals surface area contributed by atoms with Gasteiger partial charge in [-0.05, 0) is 136 Å². The lowest BCUT2D eigenvalue weighted by atomic mass is 10.1. The molecule has 21 heteroatoms. The first-order valence-electron chi connectivity index (χ1n) is 28.5. The second-order valence-electron chi connectivity index (χ2n) is 21.4. The van der Waals surface area contributed by atoms with Crippen molar-refractivity contribution in [3.63, 3.8) is 0 Å². The molecule has 0 N–H and O–H groups in total. The minimum absolute atomic E-state index is 0. The maximum Gasteiger partial charge on any atom is 0.266 e. The van der Waals surface area contributed by atoms with Gasteiger partial charge in [0.25, 0.3) is 22.9 Å². The average molecular weight is 1220 g/mol. The topological polar surface area (TPSA) is 189 Å². The second kappa shape index (κ2) is 29.0. The van der Waals surface area contributed by atoms with Gasteiger partial charge in [0.1, 0.15) is 40.9 Å². The number of amides is 2. The number of carbonyl (C=O) groups excluding carboxylic acids is 3. The van der Waals surface area contributed by atoms with Crippen molar-refractivity contribution in [1.82, 2.24) is 48.3 Å². The van der Waals surface area contributed by atoms with E-state index in [0.29, 0.717) is 162 Å². The van der Waals surface area contributed by atoms with Crippen LogP contribution in [0.15, 0.2) is 162 Å². The first-order chi connectivity index (χ1) is 41.7. The minimum Gasteiger partial charge on any atom is -0.489 e. The highest BCUT2D eigenvalue weighted by molar-refractivity contribution is 6.30. The van der Waals surface area contributed by atoms with E-state index in [1.165, 1.54) is 0 Å². The number of nitrogens with zero attached hydrogens (tertiary/aromatic N) is 10. The summed E-state index contributed by atoms with van der Waals surface area (Å²) in [5.74, 6) is 3.36. The van der Waals surface area contributed by atoms with Gasteiger partial charge >= 0.3 is 0 Å². The van der Waals surface area contributed by atoms with Gasteiger partial charge in [0.15, 0.2) is 13.2 Å². The lowest BCUT2D eigenvalue weighted by Gasteiger charge is -2.34. The van der Waals surface area contributed by atoms with Crippen molar-refractivity contribution in [3.8, 4) is 34.4 Å². The van der Waals surface area contributed by atoms with E-state index in [0.717, 1.165) is 5.56 Å². The van der Waals surface area contributed by atoms with Crippen LogP contribution in [0.1, 0.15) is 62.7 Å². The van der Waals surface area contributed by atoms with E-state index < -0.39 is 0 Å². The zero-order chi connectivity index (χ0) is 60.3. The van der Waals surface area contributed by atoms with E-state index in [1.54, 1.807) is 98.2 Å². The van der Waals surface area contributed by atoms with E-state index in [1.807, 2.05) is 105 Å². The molecule has 2 fully saturated rings. The SMILES string of the molecule is C.CC(C)Oc1ccccc1-n1c(CN2CCN(C(=O)COc3ccc(Cl)cc3)CC2)nc2ccc(C=O)cc2c1=O.CC(C)Oc1ccccc1-n1c(CN2CCN(C(=O)COc3ccc(Cl)cc3)CC2)nc2ccc(Cn3ccnc3)cc2c1=O. The molecule has 2 saturated heterocycles. The van der Waals surface area contributed by atoms with Crippen LogP contribution in [0.5, 0.6) is 23.0 Å². The quantitative estimate of drug-likeness (QED) is 0.0696. The predicted molar refractivity (Wildman–Crippen MR) is 337 cm³/mol. The number of carbonyl (C=O) groups is 3. The van der Waals surface area contributed by atoms with Crippen LogP contribution in [0, 0.1) is 0 Å². The molecule has 11 rings (SSSR count). The Balaban J connectivity index is 0.000000206. The number of hydrogen-bond acceptors (Lipinski definition) is 14. The Labute approximate surface area is 514 Å². The number of piperazine rings is 2. The lowest BCUT2D eigenvalue weighted by Crippen LogP contribution is -2.50. The molecule has 0 saturated carbocycles. The highest BCUT2D eigenvalue weighted by Crippen LogP contribution is 2.28. The Morgan fingerprint density at radius 3 is 1.45 bits per heavy atom. The van der Waals surface area contributed by atoms with Gasteiger partial charge in [0.2, 0.25) is 0 Å². The summed E-state index contributed by atoms with van der Waals surface area (Å²) >= 11 is 11.9. The molecule has 6 aromatic carbocycles. The molecule has 0 bridgehead atoms. The Kier molecular flexibility index (Phi) is 20.9. The van der Waals surface area contributed by atoms with Crippen molar-refractivity contribution in [2.45, 2.75) is 67.0 Å². The van der Waals surface area contributed by atoms with Crippen LogP contribution in [0.3, 0.4) is 0 Å². The monoisotopic (exact) mass is 1220 g/mol. The highest BCUT2D eigenvalue weighted by atomic mass is 35.5. The normalized spacial score (nSPS) is 13.7. The summed E-state index contributed by atoms with van der Waals surface area (Å²) in [6, 6.07) is 39.5. The van der Waals surface area contributed by atoms with Crippen molar-refractivity contribution < 1.29 is 33.3 Å². The number of aldehydes is 1. The molecule has 87 heavy (non-hydrogen) atoms. The number of hydrogen-bond donors (Lipinski definition) is 0. The number of ether oxygens (including phenoxy) is 4. The van der Waals surface area contributed by atoms with Crippen molar-refractivity contribution in [3.05, 3.63) is 206 Å². The van der Waals surface area contributed by atoms with Crippen LogP contribution in [0.2, 0.25) is 10.0 Å². The summed E-state index contributed by atoms with van der Waals surface area (Å²) in [4.78, 5) is 87.2. The van der Waals surface area contributed by atoms with Gasteiger partial charge in [0, 0.05) is 86.9 Å². The summed E-state index contributed by atoms with van der Waals surface area (Å²) in [5.41, 5.74) is 3.33. The molecule has 0 aliphatic carbocycles. The fraction of sp³-hybridized carbons (Fsp3) is 0.303. The Morgan fingerprint density at radius 1 is 0.563 bits per heavy atom. The average Bonchev–Trinajstić information content (AvgIpc) is 1.39. The number of aromatic nitrogens is 6. The molecule has 2 aliphatic rings. The summed E-state index contributed by atoms with van der Waals surface area (Å²) < 4.78 is 28.7. The predicted octanol–water partition coefficient (Wildman–Crippen LogP) is 9.79. The van der Waals surface area contributed by atoms with Gasteiger partial charge in [-0.3, -0.25) is 42.9 Å². The largest absolute Gasteiger partial charge is 0.489 e. The van der Waals surface area contributed by atoms with E-state index >= 15 is 0 Å². The summed E-state index contributed by atoms with van der Waals surface area (Å²) in [5, 5.41) is 2.11. The number of rotatable bonds is 19. The van der Waals surface area contributed by atoms with Crippen LogP contribution in [-0.4, -0.2) is 144 Å². The molecule has 0 radical (unpaired) electrons. The molecule has 0 atom stereocenters. The van der Waals surface area contributed by atoms with E-state index in [2.05, 4.69) is 14.8 Å². The maximum atomic E-state index is 14.3. The molecule has 19 nitrogen and oxygen atoms in total. The summed E-state index contributed by atoms with van der Waals surface area (Å²) in [6.45, 7) is 13.7. The first-order valence-corrected chi connectivity index (χ1v) is 29.2. The van der Waals surface area contributed by atoms with Crippen molar-refractivity contribution in [1.29, 1.82) is 0 Å².